The maximum Gasteiger partial charge on any atom is 0.341 e. The fraction of sp³-hybridized carbons (Fsp3) is 0.333. The van der Waals surface area contributed by atoms with Gasteiger partial charge >= 0.3 is 5.97 Å². The van der Waals surface area contributed by atoms with Crippen LogP contribution in [0.25, 0.3) is 6.08 Å². The van der Waals surface area contributed by atoms with Crippen LogP contribution in [0.1, 0.15) is 60.0 Å². The minimum atomic E-state index is -0.410. The highest BCUT2D eigenvalue weighted by atomic mass is 32.1. The Bertz CT molecular complexity index is 788. The molecule has 1 N–H and O–H groups in total. The molecule has 0 aliphatic carbocycles. The molecule has 1 aromatic heterocycles. The second kappa shape index (κ2) is 9.34. The van der Waals surface area contributed by atoms with E-state index in [0.717, 1.165) is 16.9 Å². The summed E-state index contributed by atoms with van der Waals surface area (Å²) >= 11 is 1.40. The van der Waals surface area contributed by atoms with E-state index in [9.17, 15) is 9.59 Å². The number of amides is 1. The van der Waals surface area contributed by atoms with Gasteiger partial charge in [-0.15, -0.1) is 11.3 Å². The summed E-state index contributed by atoms with van der Waals surface area (Å²) in [5.41, 5.74) is 2.63. The van der Waals surface area contributed by atoms with Gasteiger partial charge in [-0.1, -0.05) is 45.0 Å². The first-order valence-corrected chi connectivity index (χ1v) is 9.65. The van der Waals surface area contributed by atoms with Gasteiger partial charge in [-0.3, -0.25) is 4.79 Å². The van der Waals surface area contributed by atoms with Crippen molar-refractivity contribution < 1.29 is 14.3 Å². The van der Waals surface area contributed by atoms with Crippen molar-refractivity contribution in [3.05, 3.63) is 58.0 Å². The molecule has 4 nitrogen and oxygen atoms in total. The number of benzene rings is 1. The Balaban J connectivity index is 2.09. The Morgan fingerprint density at radius 3 is 2.46 bits per heavy atom. The number of nitrogens with one attached hydrogen (secondary N) is 1. The summed E-state index contributed by atoms with van der Waals surface area (Å²) in [5.74, 6) is -0.204. The van der Waals surface area contributed by atoms with Gasteiger partial charge in [0.05, 0.1) is 12.2 Å². The normalized spacial score (nSPS) is 11.1. The summed E-state index contributed by atoms with van der Waals surface area (Å²) in [6, 6.07) is 9.89. The third kappa shape index (κ3) is 5.30. The minimum absolute atomic E-state index is 0.270. The van der Waals surface area contributed by atoms with E-state index >= 15 is 0 Å². The van der Waals surface area contributed by atoms with Gasteiger partial charge in [-0.2, -0.15) is 0 Å². The Morgan fingerprint density at radius 2 is 1.88 bits per heavy atom. The number of hydrogen-bond acceptors (Lipinski definition) is 4. The molecule has 0 saturated heterocycles. The van der Waals surface area contributed by atoms with Crippen LogP contribution in [0.5, 0.6) is 0 Å². The Morgan fingerprint density at radius 1 is 1.19 bits per heavy atom. The number of carbonyl (C=O) groups excluding carboxylic acids is 2. The average Bonchev–Trinajstić information content (AvgIpc) is 3.03. The molecule has 138 valence electrons. The Labute approximate surface area is 158 Å². The Hall–Kier alpha value is -2.40. The van der Waals surface area contributed by atoms with Crippen molar-refractivity contribution in [2.45, 2.75) is 40.0 Å². The van der Waals surface area contributed by atoms with Gasteiger partial charge in [0.25, 0.3) is 0 Å². The zero-order chi connectivity index (χ0) is 19.1. The molecular weight excluding hydrogens is 346 g/mol. The number of rotatable bonds is 7. The summed E-state index contributed by atoms with van der Waals surface area (Å²) in [6.07, 6.45) is 4.04. The van der Waals surface area contributed by atoms with Crippen molar-refractivity contribution in [1.29, 1.82) is 0 Å². The van der Waals surface area contributed by atoms with Crippen LogP contribution in [-0.4, -0.2) is 18.5 Å². The Kier molecular flexibility index (Phi) is 7.16. The quantitative estimate of drug-likeness (QED) is 0.533. The molecule has 2 rings (SSSR count). The SMILES string of the molecule is CCOC(=O)c1cc(CC)sc1NC(=O)C=Cc1ccc(C(C)C)cc1. The minimum Gasteiger partial charge on any atom is -0.462 e. The van der Waals surface area contributed by atoms with Crippen molar-refractivity contribution in [1.82, 2.24) is 0 Å². The zero-order valence-electron chi connectivity index (χ0n) is 15.7. The molecule has 1 amide bonds. The number of hydrogen-bond donors (Lipinski definition) is 1. The second-order valence-electron chi connectivity index (χ2n) is 6.17. The van der Waals surface area contributed by atoms with Crippen LogP contribution < -0.4 is 5.32 Å². The molecule has 1 aromatic carbocycles. The van der Waals surface area contributed by atoms with Gasteiger partial charge in [0.1, 0.15) is 5.00 Å². The van der Waals surface area contributed by atoms with E-state index in [-0.39, 0.29) is 5.91 Å². The number of thiophene rings is 1. The van der Waals surface area contributed by atoms with Crippen molar-refractivity contribution in [2.24, 2.45) is 0 Å². The lowest BCUT2D eigenvalue weighted by atomic mass is 10.0. The first-order valence-electron chi connectivity index (χ1n) is 8.83. The fourth-order valence-corrected chi connectivity index (χ4v) is 3.37. The third-order valence-corrected chi connectivity index (χ3v) is 5.09. The topological polar surface area (TPSA) is 55.4 Å². The summed E-state index contributed by atoms with van der Waals surface area (Å²) in [5, 5.41) is 3.33. The van der Waals surface area contributed by atoms with Crippen LogP contribution in [-0.2, 0) is 16.0 Å². The van der Waals surface area contributed by atoms with Crippen LogP contribution >= 0.6 is 11.3 Å². The third-order valence-electron chi connectivity index (χ3n) is 3.89. The van der Waals surface area contributed by atoms with E-state index in [2.05, 4.69) is 31.3 Å². The zero-order valence-corrected chi connectivity index (χ0v) is 16.5. The molecule has 26 heavy (non-hydrogen) atoms. The highest BCUT2D eigenvalue weighted by Gasteiger charge is 2.17. The van der Waals surface area contributed by atoms with Crippen LogP contribution in [0.3, 0.4) is 0 Å². The molecule has 0 aliphatic rings. The number of aryl methyl sites for hydroxylation is 1. The first-order chi connectivity index (χ1) is 12.4. The van der Waals surface area contributed by atoms with E-state index in [1.165, 1.54) is 23.0 Å². The molecule has 1 heterocycles. The van der Waals surface area contributed by atoms with Gasteiger partial charge in [-0.05, 0) is 42.5 Å². The van der Waals surface area contributed by atoms with Crippen LogP contribution in [0.4, 0.5) is 5.00 Å². The summed E-state index contributed by atoms with van der Waals surface area (Å²) in [7, 11) is 0. The molecule has 0 unspecified atom stereocenters. The number of ether oxygens (including phenoxy) is 1. The molecule has 0 bridgehead atoms. The number of anilines is 1. The first kappa shape index (κ1) is 19.9. The highest BCUT2D eigenvalue weighted by Crippen LogP contribution is 2.29. The molecule has 2 aromatic rings. The second-order valence-corrected chi connectivity index (χ2v) is 7.31. The summed E-state index contributed by atoms with van der Waals surface area (Å²) in [6.45, 7) is 8.36. The van der Waals surface area contributed by atoms with E-state index < -0.39 is 5.97 Å². The number of esters is 1. The average molecular weight is 372 g/mol. The van der Waals surface area contributed by atoms with E-state index in [0.29, 0.717) is 23.1 Å². The van der Waals surface area contributed by atoms with Crippen LogP contribution in [0.15, 0.2) is 36.4 Å². The standard InChI is InChI=1S/C21H25NO3S/c1-5-17-13-18(21(24)25-6-2)20(26-17)22-19(23)12-9-15-7-10-16(11-8-15)14(3)4/h7-14H,5-6H2,1-4H3,(H,22,23). The predicted molar refractivity (Wildman–Crippen MR) is 108 cm³/mol. The van der Waals surface area contributed by atoms with Gasteiger partial charge in [0, 0.05) is 11.0 Å². The monoisotopic (exact) mass is 371 g/mol. The molecule has 0 spiro atoms. The maximum absolute atomic E-state index is 12.2. The van der Waals surface area contributed by atoms with Gasteiger partial charge in [-0.25, -0.2) is 4.79 Å². The lowest BCUT2D eigenvalue weighted by Gasteiger charge is -2.05. The lowest BCUT2D eigenvalue weighted by Crippen LogP contribution is -2.11. The smallest absolute Gasteiger partial charge is 0.341 e. The molecular formula is C21H25NO3S. The van der Waals surface area contributed by atoms with Gasteiger partial charge in [0.15, 0.2) is 0 Å². The van der Waals surface area contributed by atoms with E-state index in [1.807, 2.05) is 19.1 Å². The van der Waals surface area contributed by atoms with E-state index in [4.69, 9.17) is 4.74 Å². The predicted octanol–water partition coefficient (Wildman–Crippen LogP) is 5.26. The van der Waals surface area contributed by atoms with Gasteiger partial charge in [0.2, 0.25) is 5.91 Å². The largest absolute Gasteiger partial charge is 0.462 e. The molecule has 0 radical (unpaired) electrons. The van der Waals surface area contributed by atoms with Crippen molar-refractivity contribution in [3.8, 4) is 0 Å². The van der Waals surface area contributed by atoms with Crippen LogP contribution in [0.2, 0.25) is 0 Å². The van der Waals surface area contributed by atoms with Crippen molar-refractivity contribution in [3.63, 3.8) is 0 Å². The molecule has 0 fully saturated rings. The molecule has 0 saturated carbocycles. The van der Waals surface area contributed by atoms with Crippen LogP contribution in [0, 0.1) is 0 Å². The van der Waals surface area contributed by atoms with Crippen molar-refractivity contribution in [2.75, 3.05) is 11.9 Å². The van der Waals surface area contributed by atoms with Crippen molar-refractivity contribution >= 4 is 34.3 Å². The highest BCUT2D eigenvalue weighted by molar-refractivity contribution is 7.16. The fourth-order valence-electron chi connectivity index (χ4n) is 2.39. The van der Waals surface area contributed by atoms with Gasteiger partial charge < -0.3 is 10.1 Å². The maximum atomic E-state index is 12.2. The van der Waals surface area contributed by atoms with E-state index in [1.54, 1.807) is 19.1 Å². The molecule has 5 heteroatoms. The summed E-state index contributed by atoms with van der Waals surface area (Å²) < 4.78 is 5.07. The summed E-state index contributed by atoms with van der Waals surface area (Å²) in [4.78, 5) is 25.3. The molecule has 0 aliphatic heterocycles. The lowest BCUT2D eigenvalue weighted by molar-refractivity contribution is -0.111. The molecule has 0 atom stereocenters. The number of carbonyl (C=O) groups is 2.